The molecule has 0 radical (unpaired) electrons. The molecule has 0 bridgehead atoms. The second kappa shape index (κ2) is 6.66. The Morgan fingerprint density at radius 2 is 1.28 bits per heavy atom. The standard InChI is InChI=1S/C15H15NS2/c1-17-14-7-3-12(4-8-14)11-16-13-5-9-15(18-2)10-6-13/h3-11H,1-2H3/b16-11-. The number of benzene rings is 2. The zero-order valence-corrected chi connectivity index (χ0v) is 12.1. The van der Waals surface area contributed by atoms with E-state index in [1.54, 1.807) is 23.5 Å². The van der Waals surface area contributed by atoms with Crippen LogP contribution in [0.15, 0.2) is 63.3 Å². The van der Waals surface area contributed by atoms with Crippen LogP contribution in [0.25, 0.3) is 0 Å². The van der Waals surface area contributed by atoms with Crippen molar-refractivity contribution in [2.75, 3.05) is 12.5 Å². The highest BCUT2D eigenvalue weighted by atomic mass is 32.2. The molecule has 0 fully saturated rings. The SMILES string of the molecule is CSc1ccc(/C=N\c2ccc(SC)cc2)cc1. The van der Waals surface area contributed by atoms with Gasteiger partial charge in [-0.1, -0.05) is 12.1 Å². The third-order valence-electron chi connectivity index (χ3n) is 2.55. The molecule has 2 aromatic carbocycles. The first-order valence-electron chi connectivity index (χ1n) is 5.64. The molecule has 0 aromatic heterocycles. The Labute approximate surface area is 117 Å². The lowest BCUT2D eigenvalue weighted by Crippen LogP contribution is -1.80. The van der Waals surface area contributed by atoms with Crippen LogP contribution in [0.3, 0.4) is 0 Å². The average Bonchev–Trinajstić information content (AvgIpc) is 2.46. The zero-order valence-electron chi connectivity index (χ0n) is 10.5. The topological polar surface area (TPSA) is 12.4 Å². The van der Waals surface area contributed by atoms with Crippen molar-refractivity contribution in [2.24, 2.45) is 4.99 Å². The largest absolute Gasteiger partial charge is 0.256 e. The van der Waals surface area contributed by atoms with Gasteiger partial charge in [0.15, 0.2) is 0 Å². The molecule has 1 nitrogen and oxygen atoms in total. The van der Waals surface area contributed by atoms with Gasteiger partial charge >= 0.3 is 0 Å². The molecular formula is C15H15NS2. The molecule has 0 atom stereocenters. The number of nitrogens with zero attached hydrogens (tertiary/aromatic N) is 1. The lowest BCUT2D eigenvalue weighted by Gasteiger charge is -1.98. The lowest BCUT2D eigenvalue weighted by molar-refractivity contribution is 1.42. The van der Waals surface area contributed by atoms with E-state index in [0.29, 0.717) is 0 Å². The molecule has 0 aliphatic heterocycles. The summed E-state index contributed by atoms with van der Waals surface area (Å²) in [5, 5.41) is 0. The fourth-order valence-corrected chi connectivity index (χ4v) is 2.32. The van der Waals surface area contributed by atoms with Gasteiger partial charge in [-0.2, -0.15) is 0 Å². The maximum atomic E-state index is 4.47. The van der Waals surface area contributed by atoms with Crippen molar-refractivity contribution in [3.63, 3.8) is 0 Å². The molecule has 0 spiro atoms. The van der Waals surface area contributed by atoms with E-state index in [1.165, 1.54) is 9.79 Å². The molecule has 0 aliphatic carbocycles. The van der Waals surface area contributed by atoms with E-state index in [4.69, 9.17) is 0 Å². The second-order valence-corrected chi connectivity index (χ2v) is 5.49. The van der Waals surface area contributed by atoms with Gasteiger partial charge in [0.05, 0.1) is 5.69 Å². The highest BCUT2D eigenvalue weighted by Crippen LogP contribution is 2.19. The molecule has 0 heterocycles. The van der Waals surface area contributed by atoms with E-state index in [-0.39, 0.29) is 0 Å². The third-order valence-corrected chi connectivity index (χ3v) is 4.04. The van der Waals surface area contributed by atoms with Crippen molar-refractivity contribution in [2.45, 2.75) is 9.79 Å². The Balaban J connectivity index is 2.08. The predicted octanol–water partition coefficient (Wildman–Crippen LogP) is 4.88. The molecule has 0 unspecified atom stereocenters. The first-order valence-corrected chi connectivity index (χ1v) is 8.09. The molecule has 2 aromatic rings. The van der Waals surface area contributed by atoms with Crippen LogP contribution in [0.4, 0.5) is 5.69 Å². The Kier molecular flexibility index (Phi) is 4.90. The fourth-order valence-electron chi connectivity index (χ4n) is 1.51. The first kappa shape index (κ1) is 13.2. The molecule has 18 heavy (non-hydrogen) atoms. The Morgan fingerprint density at radius 3 is 1.78 bits per heavy atom. The van der Waals surface area contributed by atoms with Crippen LogP contribution in [0.2, 0.25) is 0 Å². The van der Waals surface area contributed by atoms with Crippen LogP contribution in [0.5, 0.6) is 0 Å². The predicted molar refractivity (Wildman–Crippen MR) is 83.7 cm³/mol. The molecule has 92 valence electrons. The minimum Gasteiger partial charge on any atom is -0.256 e. The smallest absolute Gasteiger partial charge is 0.0630 e. The summed E-state index contributed by atoms with van der Waals surface area (Å²) in [6, 6.07) is 16.7. The highest BCUT2D eigenvalue weighted by Gasteiger charge is 1.92. The summed E-state index contributed by atoms with van der Waals surface area (Å²) >= 11 is 3.49. The molecule has 3 heteroatoms. The van der Waals surface area contributed by atoms with Crippen LogP contribution >= 0.6 is 23.5 Å². The quantitative estimate of drug-likeness (QED) is 0.581. The van der Waals surface area contributed by atoms with E-state index in [9.17, 15) is 0 Å². The first-order chi connectivity index (χ1) is 8.81. The Hall–Kier alpha value is -1.19. The summed E-state index contributed by atoms with van der Waals surface area (Å²) in [5.41, 5.74) is 2.11. The van der Waals surface area contributed by atoms with E-state index in [1.807, 2.05) is 18.3 Å². The fraction of sp³-hybridized carbons (Fsp3) is 0.133. The summed E-state index contributed by atoms with van der Waals surface area (Å²) in [7, 11) is 0. The van der Waals surface area contributed by atoms with Gasteiger partial charge in [0, 0.05) is 16.0 Å². The third kappa shape index (κ3) is 3.65. The van der Waals surface area contributed by atoms with Crippen LogP contribution in [0, 0.1) is 0 Å². The Morgan fingerprint density at radius 1 is 0.778 bits per heavy atom. The lowest BCUT2D eigenvalue weighted by atomic mass is 10.2. The van der Waals surface area contributed by atoms with Gasteiger partial charge in [0.25, 0.3) is 0 Å². The summed E-state index contributed by atoms with van der Waals surface area (Å²) in [6.45, 7) is 0. The highest BCUT2D eigenvalue weighted by molar-refractivity contribution is 7.98. The van der Waals surface area contributed by atoms with E-state index < -0.39 is 0 Å². The Bertz CT molecular complexity index is 466. The molecule has 0 saturated heterocycles. The normalized spacial score (nSPS) is 11.0. The number of hydrogen-bond acceptors (Lipinski definition) is 3. The minimum atomic E-state index is 0.988. The molecule has 0 aliphatic rings. The summed E-state index contributed by atoms with van der Waals surface area (Å²) in [5.74, 6) is 0. The summed E-state index contributed by atoms with van der Waals surface area (Å²) < 4.78 is 0. The van der Waals surface area contributed by atoms with E-state index >= 15 is 0 Å². The minimum absolute atomic E-state index is 0.988. The van der Waals surface area contributed by atoms with Crippen molar-refractivity contribution < 1.29 is 0 Å². The van der Waals surface area contributed by atoms with Crippen LogP contribution < -0.4 is 0 Å². The number of aliphatic imine (C=N–C) groups is 1. The molecular weight excluding hydrogens is 258 g/mol. The van der Waals surface area contributed by atoms with Crippen LogP contribution in [0.1, 0.15) is 5.56 Å². The van der Waals surface area contributed by atoms with Gasteiger partial charge in [-0.05, 0) is 54.5 Å². The van der Waals surface area contributed by atoms with Crippen molar-refractivity contribution in [3.05, 3.63) is 54.1 Å². The monoisotopic (exact) mass is 273 g/mol. The summed E-state index contributed by atoms with van der Waals surface area (Å²) in [6.07, 6.45) is 6.06. The van der Waals surface area contributed by atoms with Crippen LogP contribution in [-0.2, 0) is 0 Å². The molecule has 0 N–H and O–H groups in total. The summed E-state index contributed by atoms with van der Waals surface area (Å²) in [4.78, 5) is 7.00. The van der Waals surface area contributed by atoms with Crippen LogP contribution in [-0.4, -0.2) is 18.7 Å². The molecule has 2 rings (SSSR count). The van der Waals surface area contributed by atoms with Gasteiger partial charge in [-0.3, -0.25) is 4.99 Å². The van der Waals surface area contributed by atoms with E-state index in [0.717, 1.165) is 11.3 Å². The van der Waals surface area contributed by atoms with Crippen molar-refractivity contribution in [1.82, 2.24) is 0 Å². The number of thioether (sulfide) groups is 2. The maximum absolute atomic E-state index is 4.47. The van der Waals surface area contributed by atoms with Gasteiger partial charge in [0.2, 0.25) is 0 Å². The second-order valence-electron chi connectivity index (χ2n) is 3.73. The van der Waals surface area contributed by atoms with Gasteiger partial charge in [0.1, 0.15) is 0 Å². The van der Waals surface area contributed by atoms with Gasteiger partial charge < -0.3 is 0 Å². The molecule has 0 amide bonds. The average molecular weight is 273 g/mol. The van der Waals surface area contributed by atoms with Crippen molar-refractivity contribution >= 4 is 35.4 Å². The number of rotatable bonds is 4. The van der Waals surface area contributed by atoms with Crippen molar-refractivity contribution in [1.29, 1.82) is 0 Å². The zero-order chi connectivity index (χ0) is 12.8. The van der Waals surface area contributed by atoms with Gasteiger partial charge in [-0.25, -0.2) is 0 Å². The molecule has 0 saturated carbocycles. The number of hydrogen-bond donors (Lipinski definition) is 0. The van der Waals surface area contributed by atoms with Gasteiger partial charge in [-0.15, -0.1) is 23.5 Å². The van der Waals surface area contributed by atoms with Crippen molar-refractivity contribution in [3.8, 4) is 0 Å². The van der Waals surface area contributed by atoms with E-state index in [2.05, 4.69) is 53.9 Å². The maximum Gasteiger partial charge on any atom is 0.0630 e.